The average molecular weight is 467 g/mol. The van der Waals surface area contributed by atoms with E-state index in [1.54, 1.807) is 6.92 Å². The third kappa shape index (κ3) is 7.36. The van der Waals surface area contributed by atoms with Crippen LogP contribution in [0.25, 0.3) is 0 Å². The van der Waals surface area contributed by atoms with Crippen molar-refractivity contribution in [2.24, 2.45) is 17.8 Å². The maximum absolute atomic E-state index is 12.9. The fourth-order valence-electron chi connectivity index (χ4n) is 4.63. The van der Waals surface area contributed by atoms with Crippen molar-refractivity contribution >= 4 is 18.9 Å². The number of carbonyl (C=O) groups excluding carboxylic acids is 1. The minimum atomic E-state index is -0.348. The summed E-state index contributed by atoms with van der Waals surface area (Å²) in [6.45, 7) is 3.51. The Bertz CT molecular complexity index is 849. The Morgan fingerprint density at radius 1 is 1.21 bits per heavy atom. The molecule has 4 rings (SSSR count). The number of nitrogens with zero attached hydrogens (tertiary/aromatic N) is 3. The molecule has 1 aliphatic heterocycles. The summed E-state index contributed by atoms with van der Waals surface area (Å²) in [5.41, 5.74) is -0.205. The van der Waals surface area contributed by atoms with Gasteiger partial charge < -0.3 is 29.7 Å². The van der Waals surface area contributed by atoms with Gasteiger partial charge in [-0.25, -0.2) is 4.98 Å². The summed E-state index contributed by atoms with van der Waals surface area (Å²) in [5.74, 6) is 2.01. The van der Waals surface area contributed by atoms with Crippen molar-refractivity contribution in [2.75, 3.05) is 33.8 Å². The van der Waals surface area contributed by atoms with Crippen LogP contribution >= 0.6 is 0 Å². The molecular formula is C22H34N4O7. The number of H-pyrrole nitrogens is 1. The summed E-state index contributed by atoms with van der Waals surface area (Å²) in [5, 5.41) is 13.8. The van der Waals surface area contributed by atoms with Gasteiger partial charge in [0.2, 0.25) is 0 Å². The highest BCUT2D eigenvalue weighted by molar-refractivity contribution is 5.93. The Morgan fingerprint density at radius 3 is 2.30 bits per heavy atom. The molecule has 184 valence electrons. The topological polar surface area (TPSA) is 153 Å². The maximum Gasteiger partial charge on any atom is 0.290 e. The molecule has 3 fully saturated rings. The smallest absolute Gasteiger partial charge is 0.290 e. The first-order chi connectivity index (χ1) is 15.7. The van der Waals surface area contributed by atoms with E-state index in [9.17, 15) is 9.59 Å². The lowest BCUT2D eigenvalue weighted by molar-refractivity contribution is -0.123. The second-order valence-electron chi connectivity index (χ2n) is 8.97. The molecular weight excluding hydrogens is 432 g/mol. The summed E-state index contributed by atoms with van der Waals surface area (Å²) in [6.07, 6.45) is 6.27. The number of likely N-dealkylation sites (tertiary alicyclic amines) is 1. The number of likely N-dealkylation sites (N-methyl/N-ethyl adjacent to an activating group) is 1. The summed E-state index contributed by atoms with van der Waals surface area (Å²) in [4.78, 5) is 52.5. The quantitative estimate of drug-likeness (QED) is 0.532. The maximum atomic E-state index is 12.9. The van der Waals surface area contributed by atoms with Gasteiger partial charge in [0.1, 0.15) is 11.4 Å². The fraction of sp³-hybridized carbons (Fsp3) is 0.682. The van der Waals surface area contributed by atoms with Crippen LogP contribution in [0.3, 0.4) is 0 Å². The van der Waals surface area contributed by atoms with Crippen molar-refractivity contribution in [2.45, 2.75) is 44.8 Å². The minimum absolute atomic E-state index is 0.143. The molecule has 0 bridgehead atoms. The molecule has 11 heteroatoms. The summed E-state index contributed by atoms with van der Waals surface area (Å²) in [6, 6.07) is 0.393. The van der Waals surface area contributed by atoms with Gasteiger partial charge in [-0.1, -0.05) is 0 Å². The van der Waals surface area contributed by atoms with Crippen LogP contribution in [0.1, 0.15) is 41.9 Å². The molecule has 2 aliphatic carbocycles. The molecule has 3 N–H and O–H groups in total. The highest BCUT2D eigenvalue weighted by Gasteiger charge is 2.45. The Labute approximate surface area is 192 Å². The van der Waals surface area contributed by atoms with Crippen LogP contribution in [0.4, 0.5) is 0 Å². The molecule has 0 radical (unpaired) electrons. The number of aromatic nitrogens is 2. The van der Waals surface area contributed by atoms with Crippen LogP contribution < -0.4 is 5.56 Å². The van der Waals surface area contributed by atoms with Crippen LogP contribution in [0.5, 0.6) is 0 Å². The van der Waals surface area contributed by atoms with Crippen molar-refractivity contribution < 1.29 is 29.3 Å². The predicted octanol–water partition coefficient (Wildman–Crippen LogP) is 0.687. The van der Waals surface area contributed by atoms with Crippen molar-refractivity contribution in [3.63, 3.8) is 0 Å². The van der Waals surface area contributed by atoms with E-state index in [4.69, 9.17) is 24.5 Å². The monoisotopic (exact) mass is 466 g/mol. The van der Waals surface area contributed by atoms with Crippen LogP contribution in [0, 0.1) is 24.7 Å². The van der Waals surface area contributed by atoms with Gasteiger partial charge >= 0.3 is 0 Å². The highest BCUT2D eigenvalue weighted by Crippen LogP contribution is 2.40. The third-order valence-electron chi connectivity index (χ3n) is 6.44. The number of aromatic amines is 1. The number of aryl methyl sites for hydroxylation is 1. The van der Waals surface area contributed by atoms with Crippen LogP contribution in [0.2, 0.25) is 0 Å². The number of ether oxygens (including phenoxy) is 1. The van der Waals surface area contributed by atoms with Crippen molar-refractivity contribution in [3.05, 3.63) is 27.9 Å². The van der Waals surface area contributed by atoms with Gasteiger partial charge in [-0.05, 0) is 64.5 Å². The number of nitrogens with one attached hydrogen (secondary N) is 1. The van der Waals surface area contributed by atoms with Crippen LogP contribution in [0.15, 0.2) is 11.0 Å². The number of hydrogen-bond acceptors (Lipinski definition) is 7. The molecule has 3 aliphatic rings. The number of amides is 1. The lowest BCUT2D eigenvalue weighted by Crippen LogP contribution is -2.48. The first-order valence-electron chi connectivity index (χ1n) is 11.0. The van der Waals surface area contributed by atoms with Gasteiger partial charge in [0.25, 0.3) is 24.4 Å². The molecule has 1 aromatic rings. The van der Waals surface area contributed by atoms with E-state index >= 15 is 0 Å². The van der Waals surface area contributed by atoms with E-state index in [1.165, 1.54) is 19.0 Å². The van der Waals surface area contributed by atoms with Crippen LogP contribution in [-0.4, -0.2) is 94.8 Å². The van der Waals surface area contributed by atoms with Gasteiger partial charge in [-0.3, -0.25) is 19.2 Å². The SMILES string of the molecule is Cc1ncc(C(=O)N2C[C@H]3C[C@@H](N(C)C)[C@H](OCC4CC4)C[C@H]3C2)c(=O)[nH]1.O=CO.O=CO. The molecule has 0 aromatic carbocycles. The first-order valence-corrected chi connectivity index (χ1v) is 11.0. The van der Waals surface area contributed by atoms with E-state index in [2.05, 4.69) is 29.0 Å². The summed E-state index contributed by atoms with van der Waals surface area (Å²) < 4.78 is 6.29. The van der Waals surface area contributed by atoms with E-state index in [-0.39, 0.29) is 36.1 Å². The summed E-state index contributed by atoms with van der Waals surface area (Å²) in [7, 11) is 4.24. The van der Waals surface area contributed by atoms with Gasteiger partial charge in [0, 0.05) is 31.9 Å². The molecule has 1 aromatic heterocycles. The van der Waals surface area contributed by atoms with E-state index in [0.717, 1.165) is 31.9 Å². The van der Waals surface area contributed by atoms with Gasteiger partial charge in [0.05, 0.1) is 6.10 Å². The standard InChI is InChI=1S/C20H30N4O3.2CH2O2/c1-12-21-8-16(19(25)22-12)20(26)24-9-14-6-17(23(2)3)18(7-15(14)10-24)27-11-13-4-5-13;2*2-1-3/h8,13-15,17-18H,4-7,9-11H2,1-3H3,(H,21,22,25);2*1H,(H,2,3)/t14-,15+,17-,18-;;/m1../s1. The van der Waals surface area contributed by atoms with Crippen molar-refractivity contribution in [3.8, 4) is 0 Å². The molecule has 0 unspecified atom stereocenters. The normalized spacial score (nSPS) is 25.8. The molecule has 4 atom stereocenters. The first kappa shape index (κ1) is 26.5. The molecule has 1 amide bonds. The van der Waals surface area contributed by atoms with E-state index in [0.29, 0.717) is 30.2 Å². The molecule has 2 heterocycles. The molecule has 33 heavy (non-hydrogen) atoms. The Kier molecular flexibility index (Phi) is 9.98. The molecule has 11 nitrogen and oxygen atoms in total. The van der Waals surface area contributed by atoms with Crippen molar-refractivity contribution in [1.29, 1.82) is 0 Å². The minimum Gasteiger partial charge on any atom is -0.483 e. The lowest BCUT2D eigenvalue weighted by Gasteiger charge is -2.41. The zero-order valence-electron chi connectivity index (χ0n) is 19.3. The van der Waals surface area contributed by atoms with Gasteiger partial charge in [-0.15, -0.1) is 0 Å². The largest absolute Gasteiger partial charge is 0.483 e. The summed E-state index contributed by atoms with van der Waals surface area (Å²) >= 11 is 0. The lowest BCUT2D eigenvalue weighted by atomic mass is 9.77. The third-order valence-corrected chi connectivity index (χ3v) is 6.44. The zero-order valence-corrected chi connectivity index (χ0v) is 19.3. The zero-order chi connectivity index (χ0) is 24.5. The van der Waals surface area contributed by atoms with E-state index in [1.807, 2.05) is 4.90 Å². The predicted molar refractivity (Wildman–Crippen MR) is 119 cm³/mol. The molecule has 2 saturated carbocycles. The Morgan fingerprint density at radius 2 is 1.79 bits per heavy atom. The van der Waals surface area contributed by atoms with Gasteiger partial charge in [0.15, 0.2) is 0 Å². The number of rotatable bonds is 5. The second kappa shape index (κ2) is 12.4. The molecule has 0 spiro atoms. The number of hydrogen-bond donors (Lipinski definition) is 3. The highest BCUT2D eigenvalue weighted by atomic mass is 16.5. The van der Waals surface area contributed by atoms with Gasteiger partial charge in [-0.2, -0.15) is 0 Å². The molecule has 1 saturated heterocycles. The average Bonchev–Trinajstić information content (AvgIpc) is 3.49. The van der Waals surface area contributed by atoms with Crippen LogP contribution in [-0.2, 0) is 14.3 Å². The fourth-order valence-corrected chi connectivity index (χ4v) is 4.63. The number of fused-ring (bicyclic) bond motifs is 1. The number of carbonyl (C=O) groups is 3. The second-order valence-corrected chi connectivity index (χ2v) is 8.97. The Hall–Kier alpha value is -2.79. The number of carboxylic acid groups (broad SMARTS) is 2. The Balaban J connectivity index is 0.000000582. The van der Waals surface area contributed by atoms with E-state index < -0.39 is 0 Å². The van der Waals surface area contributed by atoms with Crippen molar-refractivity contribution in [1.82, 2.24) is 19.8 Å².